The summed E-state index contributed by atoms with van der Waals surface area (Å²) < 4.78 is 0. The van der Waals surface area contributed by atoms with E-state index in [1.807, 2.05) is 12.3 Å². The van der Waals surface area contributed by atoms with Gasteiger partial charge in [-0.25, -0.2) is 0 Å². The average molecular weight is 338 g/mol. The van der Waals surface area contributed by atoms with Crippen LogP contribution < -0.4 is 0 Å². The van der Waals surface area contributed by atoms with Gasteiger partial charge in [-0.1, -0.05) is 19.9 Å². The van der Waals surface area contributed by atoms with Crippen molar-refractivity contribution in [2.75, 3.05) is 0 Å². The molecule has 2 aromatic rings. The third-order valence-corrected chi connectivity index (χ3v) is 4.25. The minimum Gasteiger partial charge on any atom is -0.292 e. The van der Waals surface area contributed by atoms with Crippen molar-refractivity contribution in [3.8, 4) is 0 Å². The predicted octanol–water partition coefficient (Wildman–Crippen LogP) is 3.16. The van der Waals surface area contributed by atoms with Crippen LogP contribution in [0.3, 0.4) is 0 Å². The van der Waals surface area contributed by atoms with E-state index in [0.29, 0.717) is 18.0 Å². The SMILES string of the molecule is CC(=O)N(N=O)C(=O)c1ccc2c(C(C)C)nc3c(c2c1)CN=CC3. The Labute approximate surface area is 144 Å². The van der Waals surface area contributed by atoms with Crippen LogP contribution in [0, 0.1) is 4.91 Å². The van der Waals surface area contributed by atoms with E-state index in [-0.39, 0.29) is 11.5 Å². The number of fused-ring (bicyclic) bond motifs is 3. The highest BCUT2D eigenvalue weighted by Crippen LogP contribution is 2.31. The fourth-order valence-electron chi connectivity index (χ4n) is 3.03. The normalized spacial score (nSPS) is 13.0. The molecule has 1 aliphatic rings. The minimum atomic E-state index is -0.736. The van der Waals surface area contributed by atoms with Gasteiger partial charge in [0.1, 0.15) is 0 Å². The zero-order valence-electron chi connectivity index (χ0n) is 14.3. The van der Waals surface area contributed by atoms with Gasteiger partial charge in [-0.3, -0.25) is 19.6 Å². The van der Waals surface area contributed by atoms with Gasteiger partial charge in [-0.2, -0.15) is 0 Å². The fraction of sp³-hybridized carbons (Fsp3) is 0.333. The van der Waals surface area contributed by atoms with Crippen LogP contribution in [0.25, 0.3) is 10.8 Å². The zero-order chi connectivity index (χ0) is 18.1. The number of aromatic nitrogens is 1. The molecule has 7 heteroatoms. The lowest BCUT2D eigenvalue weighted by molar-refractivity contribution is -0.126. The molecule has 1 aromatic heterocycles. The maximum Gasteiger partial charge on any atom is 0.283 e. The molecule has 1 aromatic carbocycles. The van der Waals surface area contributed by atoms with Gasteiger partial charge < -0.3 is 0 Å². The van der Waals surface area contributed by atoms with E-state index in [2.05, 4.69) is 24.1 Å². The smallest absolute Gasteiger partial charge is 0.283 e. The van der Waals surface area contributed by atoms with Crippen LogP contribution in [0.15, 0.2) is 28.5 Å². The van der Waals surface area contributed by atoms with Crippen molar-refractivity contribution >= 4 is 28.8 Å². The number of carbonyl (C=O) groups excluding carboxylic acids is 2. The van der Waals surface area contributed by atoms with Crippen molar-refractivity contribution < 1.29 is 9.59 Å². The summed E-state index contributed by atoms with van der Waals surface area (Å²) in [7, 11) is 0. The molecular weight excluding hydrogens is 320 g/mol. The Morgan fingerprint density at radius 3 is 2.64 bits per heavy atom. The Kier molecular flexibility index (Phi) is 4.39. The molecule has 25 heavy (non-hydrogen) atoms. The van der Waals surface area contributed by atoms with Crippen molar-refractivity contribution in [2.24, 2.45) is 10.3 Å². The molecule has 7 nitrogen and oxygen atoms in total. The number of nitrogens with zero attached hydrogens (tertiary/aromatic N) is 4. The summed E-state index contributed by atoms with van der Waals surface area (Å²) in [4.78, 5) is 43.7. The first-order valence-electron chi connectivity index (χ1n) is 8.06. The van der Waals surface area contributed by atoms with Crippen molar-refractivity contribution in [1.29, 1.82) is 0 Å². The van der Waals surface area contributed by atoms with E-state index in [1.165, 1.54) is 0 Å². The summed E-state index contributed by atoms with van der Waals surface area (Å²) in [6.07, 6.45) is 2.49. The van der Waals surface area contributed by atoms with Crippen LogP contribution in [-0.4, -0.2) is 28.0 Å². The fourth-order valence-corrected chi connectivity index (χ4v) is 3.03. The van der Waals surface area contributed by atoms with E-state index >= 15 is 0 Å². The molecule has 0 radical (unpaired) electrons. The number of aliphatic imine (C=N–C) groups is 1. The van der Waals surface area contributed by atoms with Crippen LogP contribution in [0.5, 0.6) is 0 Å². The molecule has 0 saturated heterocycles. The van der Waals surface area contributed by atoms with Gasteiger partial charge in [0.2, 0.25) is 5.91 Å². The summed E-state index contributed by atoms with van der Waals surface area (Å²) in [5.41, 5.74) is 3.12. The van der Waals surface area contributed by atoms with E-state index in [4.69, 9.17) is 4.98 Å². The molecule has 0 N–H and O–H groups in total. The van der Waals surface area contributed by atoms with Gasteiger partial charge in [0, 0.05) is 36.1 Å². The van der Waals surface area contributed by atoms with E-state index in [0.717, 1.165) is 34.6 Å². The summed E-state index contributed by atoms with van der Waals surface area (Å²) in [5.74, 6) is -1.23. The molecule has 3 rings (SSSR count). The number of rotatable bonds is 3. The second kappa shape index (κ2) is 6.51. The quantitative estimate of drug-likeness (QED) is 0.635. The lowest BCUT2D eigenvalue weighted by Gasteiger charge is -2.19. The Hall–Kier alpha value is -2.96. The third kappa shape index (κ3) is 2.93. The number of benzene rings is 1. The van der Waals surface area contributed by atoms with Gasteiger partial charge in [-0.15, -0.1) is 9.92 Å². The van der Waals surface area contributed by atoms with Gasteiger partial charge >= 0.3 is 0 Å². The van der Waals surface area contributed by atoms with Crippen molar-refractivity contribution in [3.05, 3.63) is 45.6 Å². The number of hydrogen-bond acceptors (Lipinski definition) is 6. The molecule has 0 atom stereocenters. The maximum absolute atomic E-state index is 12.4. The van der Waals surface area contributed by atoms with Crippen LogP contribution in [0.4, 0.5) is 0 Å². The topological polar surface area (TPSA) is 92.1 Å². The summed E-state index contributed by atoms with van der Waals surface area (Å²) in [5, 5.41) is 4.69. The number of amides is 2. The highest BCUT2D eigenvalue weighted by atomic mass is 16.3. The lowest BCUT2D eigenvalue weighted by atomic mass is 9.94. The Bertz CT molecular complexity index is 918. The molecule has 2 amide bonds. The van der Waals surface area contributed by atoms with Gasteiger partial charge in [0.05, 0.1) is 23.2 Å². The largest absolute Gasteiger partial charge is 0.292 e. The minimum absolute atomic E-state index is 0.221. The lowest BCUT2D eigenvalue weighted by Crippen LogP contribution is -2.29. The molecule has 2 heterocycles. The van der Waals surface area contributed by atoms with Gasteiger partial charge in [0.25, 0.3) is 5.91 Å². The summed E-state index contributed by atoms with van der Waals surface area (Å²) in [6.45, 7) is 5.75. The second-order valence-electron chi connectivity index (χ2n) is 6.28. The number of hydrogen-bond donors (Lipinski definition) is 0. The Morgan fingerprint density at radius 1 is 1.24 bits per heavy atom. The number of nitroso groups, excluding NO2 is 1. The summed E-state index contributed by atoms with van der Waals surface area (Å²) >= 11 is 0. The molecule has 128 valence electrons. The number of imide groups is 1. The highest BCUT2D eigenvalue weighted by Gasteiger charge is 2.23. The van der Waals surface area contributed by atoms with Crippen LogP contribution in [0.2, 0.25) is 0 Å². The monoisotopic (exact) mass is 338 g/mol. The molecule has 0 bridgehead atoms. The van der Waals surface area contributed by atoms with Crippen molar-refractivity contribution in [3.63, 3.8) is 0 Å². The average Bonchev–Trinajstić information content (AvgIpc) is 2.60. The second-order valence-corrected chi connectivity index (χ2v) is 6.28. The zero-order valence-corrected chi connectivity index (χ0v) is 14.3. The molecule has 0 spiro atoms. The number of pyridine rings is 1. The van der Waals surface area contributed by atoms with E-state index in [9.17, 15) is 14.5 Å². The number of carbonyl (C=O) groups is 2. The van der Waals surface area contributed by atoms with Crippen LogP contribution >= 0.6 is 0 Å². The molecule has 0 fully saturated rings. The molecule has 0 aliphatic carbocycles. The highest BCUT2D eigenvalue weighted by molar-refractivity contribution is 6.06. The molecule has 1 aliphatic heterocycles. The van der Waals surface area contributed by atoms with Crippen molar-refractivity contribution in [2.45, 2.75) is 39.7 Å². The Balaban J connectivity index is 2.21. The first-order valence-corrected chi connectivity index (χ1v) is 8.06. The van der Waals surface area contributed by atoms with Gasteiger partial charge in [0.15, 0.2) is 0 Å². The van der Waals surface area contributed by atoms with E-state index in [1.54, 1.807) is 12.1 Å². The first kappa shape index (κ1) is 16.9. The summed E-state index contributed by atoms with van der Waals surface area (Å²) in [6, 6.07) is 5.11. The van der Waals surface area contributed by atoms with Gasteiger partial charge in [-0.05, 0) is 23.4 Å². The van der Waals surface area contributed by atoms with Crippen LogP contribution in [0.1, 0.15) is 54.0 Å². The molecular formula is C18H18N4O3. The molecule has 0 saturated carbocycles. The molecule has 0 unspecified atom stereocenters. The standard InChI is InChI=1S/C18H18N4O3/c1-10(2)17-13-5-4-12(18(24)22(21-25)11(3)23)8-14(13)15-9-19-7-6-16(15)20-17/h4-5,7-8,10H,6,9H2,1-3H3. The van der Waals surface area contributed by atoms with Crippen LogP contribution in [-0.2, 0) is 17.8 Å². The first-order chi connectivity index (χ1) is 11.9. The predicted molar refractivity (Wildman–Crippen MR) is 94.4 cm³/mol. The van der Waals surface area contributed by atoms with Crippen molar-refractivity contribution in [1.82, 2.24) is 9.99 Å². The third-order valence-electron chi connectivity index (χ3n) is 4.25. The Morgan fingerprint density at radius 2 is 2.00 bits per heavy atom. The van der Waals surface area contributed by atoms with E-state index < -0.39 is 11.8 Å². The maximum atomic E-state index is 12.4.